The van der Waals surface area contributed by atoms with Gasteiger partial charge in [-0.05, 0) is 12.7 Å². The summed E-state index contributed by atoms with van der Waals surface area (Å²) in [7, 11) is 0. The quantitative estimate of drug-likeness (QED) is 0.628. The van der Waals surface area contributed by atoms with E-state index < -0.39 is 0 Å². The van der Waals surface area contributed by atoms with Gasteiger partial charge in [0.1, 0.15) is 0 Å². The van der Waals surface area contributed by atoms with Gasteiger partial charge in [-0.2, -0.15) is 11.8 Å². The highest BCUT2D eigenvalue weighted by Gasteiger charge is 1.96. The van der Waals surface area contributed by atoms with Crippen LogP contribution in [-0.2, 0) is 0 Å². The Bertz CT molecular complexity index is 41.8. The van der Waals surface area contributed by atoms with Gasteiger partial charge in [-0.15, -0.1) is 0 Å². The molecule has 0 aromatic rings. The molecule has 0 fully saturated rings. The first-order chi connectivity index (χ1) is 3.81. The van der Waals surface area contributed by atoms with Gasteiger partial charge in [-0.3, -0.25) is 0 Å². The lowest BCUT2D eigenvalue weighted by atomic mass is 10.2. The molecule has 8 heavy (non-hydrogen) atoms. The first-order valence-electron chi connectivity index (χ1n) is 3.05. The topological polar surface area (TPSA) is 26.0 Å². The van der Waals surface area contributed by atoms with E-state index in [4.69, 9.17) is 5.73 Å². The summed E-state index contributed by atoms with van der Waals surface area (Å²) in [5, 5.41) is 0. The summed E-state index contributed by atoms with van der Waals surface area (Å²) in [4.78, 5) is 0. The van der Waals surface area contributed by atoms with E-state index in [2.05, 4.69) is 13.2 Å². The summed E-state index contributed by atoms with van der Waals surface area (Å²) in [6.07, 6.45) is 4.47. The van der Waals surface area contributed by atoms with Crippen molar-refractivity contribution in [3.8, 4) is 0 Å². The van der Waals surface area contributed by atoms with Crippen molar-refractivity contribution in [2.24, 2.45) is 5.73 Å². The van der Waals surface area contributed by atoms with E-state index in [1.165, 1.54) is 12.8 Å². The zero-order valence-corrected chi connectivity index (χ0v) is 6.50. The van der Waals surface area contributed by atoms with Gasteiger partial charge in [-0.25, -0.2) is 0 Å². The Morgan fingerprint density at radius 3 is 2.62 bits per heavy atom. The van der Waals surface area contributed by atoms with Crippen LogP contribution in [-0.4, -0.2) is 18.1 Å². The summed E-state index contributed by atoms with van der Waals surface area (Å²) in [6.45, 7) is 2.17. The molecule has 0 aliphatic carbocycles. The van der Waals surface area contributed by atoms with Crippen LogP contribution in [0, 0.1) is 0 Å². The largest absolute Gasteiger partial charge is 0.327 e. The maximum Gasteiger partial charge on any atom is 0.0130 e. The zero-order chi connectivity index (χ0) is 6.41. The van der Waals surface area contributed by atoms with Crippen LogP contribution in [0.5, 0.6) is 0 Å². The van der Waals surface area contributed by atoms with Gasteiger partial charge < -0.3 is 5.73 Å². The highest BCUT2D eigenvalue weighted by Crippen LogP contribution is 1.99. The minimum absolute atomic E-state index is 0.426. The molecule has 0 aromatic carbocycles. The molecule has 0 aromatic heterocycles. The molecule has 0 saturated carbocycles. The van der Waals surface area contributed by atoms with Crippen LogP contribution in [0.25, 0.3) is 0 Å². The van der Waals surface area contributed by atoms with Crippen LogP contribution in [0.2, 0.25) is 0 Å². The second-order valence-electron chi connectivity index (χ2n) is 2.00. The number of thioether (sulfide) groups is 1. The summed E-state index contributed by atoms with van der Waals surface area (Å²) in [6, 6.07) is 0.426. The standard InChI is InChI=1S/C6H15NS/c1-3-4-6(7)5-8-2/h6H,3-5,7H2,1-2H3. The smallest absolute Gasteiger partial charge is 0.0130 e. The number of rotatable bonds is 4. The van der Waals surface area contributed by atoms with E-state index in [0.717, 1.165) is 5.75 Å². The molecule has 0 rings (SSSR count). The average molecular weight is 133 g/mol. The third-order valence-corrected chi connectivity index (χ3v) is 1.80. The van der Waals surface area contributed by atoms with Gasteiger partial charge in [0.05, 0.1) is 0 Å². The van der Waals surface area contributed by atoms with Gasteiger partial charge in [0.15, 0.2) is 0 Å². The number of nitrogens with two attached hydrogens (primary N) is 1. The molecule has 1 unspecified atom stereocenters. The van der Waals surface area contributed by atoms with Crippen molar-refractivity contribution in [3.63, 3.8) is 0 Å². The molecule has 0 amide bonds. The molecule has 0 heterocycles. The lowest BCUT2D eigenvalue weighted by Crippen LogP contribution is -2.21. The van der Waals surface area contributed by atoms with Gasteiger partial charge >= 0.3 is 0 Å². The van der Waals surface area contributed by atoms with Crippen molar-refractivity contribution < 1.29 is 0 Å². The second-order valence-corrected chi connectivity index (χ2v) is 2.91. The molecule has 0 aliphatic rings. The molecular weight excluding hydrogens is 118 g/mol. The zero-order valence-electron chi connectivity index (χ0n) is 5.68. The van der Waals surface area contributed by atoms with Crippen molar-refractivity contribution in [2.75, 3.05) is 12.0 Å². The molecule has 0 radical (unpaired) electrons. The predicted molar refractivity (Wildman–Crippen MR) is 41.3 cm³/mol. The summed E-state index contributed by atoms with van der Waals surface area (Å²) >= 11 is 1.82. The van der Waals surface area contributed by atoms with E-state index >= 15 is 0 Å². The van der Waals surface area contributed by atoms with Crippen LogP contribution in [0.3, 0.4) is 0 Å². The molecule has 0 aliphatic heterocycles. The maximum absolute atomic E-state index is 5.67. The van der Waals surface area contributed by atoms with E-state index in [1.54, 1.807) is 0 Å². The first-order valence-corrected chi connectivity index (χ1v) is 4.45. The fourth-order valence-electron chi connectivity index (χ4n) is 0.668. The minimum Gasteiger partial charge on any atom is -0.327 e. The van der Waals surface area contributed by atoms with Crippen molar-refractivity contribution in [3.05, 3.63) is 0 Å². The monoisotopic (exact) mass is 133 g/mol. The summed E-state index contributed by atoms with van der Waals surface area (Å²) in [5.41, 5.74) is 5.67. The molecular formula is C6H15NS. The van der Waals surface area contributed by atoms with E-state index in [-0.39, 0.29) is 0 Å². The third-order valence-electron chi connectivity index (χ3n) is 1.04. The van der Waals surface area contributed by atoms with Crippen LogP contribution in [0.15, 0.2) is 0 Å². The Kier molecular flexibility index (Phi) is 5.66. The molecule has 2 heteroatoms. The van der Waals surface area contributed by atoms with Crippen LogP contribution >= 0.6 is 11.8 Å². The van der Waals surface area contributed by atoms with Crippen LogP contribution in [0.4, 0.5) is 0 Å². The van der Waals surface area contributed by atoms with Crippen molar-refractivity contribution in [1.29, 1.82) is 0 Å². The van der Waals surface area contributed by atoms with Gasteiger partial charge in [0, 0.05) is 11.8 Å². The first kappa shape index (κ1) is 8.31. The van der Waals surface area contributed by atoms with Gasteiger partial charge in [0.2, 0.25) is 0 Å². The third kappa shape index (κ3) is 4.47. The fourth-order valence-corrected chi connectivity index (χ4v) is 1.26. The average Bonchev–Trinajstić information content (AvgIpc) is 1.68. The lowest BCUT2D eigenvalue weighted by molar-refractivity contribution is 0.661. The number of hydrogen-bond acceptors (Lipinski definition) is 2. The SMILES string of the molecule is CCCC(N)CSC. The molecule has 0 saturated heterocycles. The van der Waals surface area contributed by atoms with Crippen LogP contribution < -0.4 is 5.73 Å². The van der Waals surface area contributed by atoms with E-state index in [0.29, 0.717) is 6.04 Å². The second kappa shape index (κ2) is 5.45. The predicted octanol–water partition coefficient (Wildman–Crippen LogP) is 1.48. The van der Waals surface area contributed by atoms with Crippen molar-refractivity contribution in [1.82, 2.24) is 0 Å². The Labute approximate surface area is 56.0 Å². The maximum atomic E-state index is 5.67. The summed E-state index contributed by atoms with van der Waals surface area (Å²) < 4.78 is 0. The van der Waals surface area contributed by atoms with E-state index in [9.17, 15) is 0 Å². The lowest BCUT2D eigenvalue weighted by Gasteiger charge is -2.05. The van der Waals surface area contributed by atoms with Gasteiger partial charge in [-0.1, -0.05) is 13.3 Å². The molecule has 1 atom stereocenters. The highest BCUT2D eigenvalue weighted by atomic mass is 32.2. The number of hydrogen-bond donors (Lipinski definition) is 1. The Balaban J connectivity index is 2.92. The van der Waals surface area contributed by atoms with Crippen molar-refractivity contribution >= 4 is 11.8 Å². The highest BCUT2D eigenvalue weighted by molar-refractivity contribution is 7.98. The van der Waals surface area contributed by atoms with E-state index in [1.807, 2.05) is 11.8 Å². The molecule has 1 nitrogen and oxygen atoms in total. The molecule has 50 valence electrons. The van der Waals surface area contributed by atoms with Crippen LogP contribution in [0.1, 0.15) is 19.8 Å². The molecule has 2 N–H and O–H groups in total. The Morgan fingerprint density at radius 2 is 2.25 bits per heavy atom. The minimum atomic E-state index is 0.426. The Hall–Kier alpha value is 0.310. The molecule has 0 spiro atoms. The Morgan fingerprint density at radius 1 is 1.62 bits per heavy atom. The summed E-state index contributed by atoms with van der Waals surface area (Å²) in [5.74, 6) is 1.10. The van der Waals surface area contributed by atoms with Crippen molar-refractivity contribution in [2.45, 2.75) is 25.8 Å². The fraction of sp³-hybridized carbons (Fsp3) is 1.00. The normalized spacial score (nSPS) is 13.9. The van der Waals surface area contributed by atoms with Gasteiger partial charge in [0.25, 0.3) is 0 Å². The molecule has 0 bridgehead atoms.